The monoisotopic (exact) mass is 482 g/mol. The fraction of sp³-hybridized carbons (Fsp3) is 0.333. The van der Waals surface area contributed by atoms with E-state index < -0.39 is 11.9 Å². The summed E-state index contributed by atoms with van der Waals surface area (Å²) >= 11 is 6.43. The first kappa shape index (κ1) is 24.0. The van der Waals surface area contributed by atoms with Crippen molar-refractivity contribution in [2.75, 3.05) is 0 Å². The van der Waals surface area contributed by atoms with E-state index in [1.807, 2.05) is 18.2 Å². The molecule has 1 atom stereocenters. The smallest absolute Gasteiger partial charge is 0.258 e. The maximum absolute atomic E-state index is 13.8. The number of halogens is 2. The Morgan fingerprint density at radius 2 is 1.79 bits per heavy atom. The third-order valence-corrected chi connectivity index (χ3v) is 6.71. The van der Waals surface area contributed by atoms with Crippen molar-refractivity contribution in [1.29, 1.82) is 0 Å². The molecule has 7 heteroatoms. The Morgan fingerprint density at radius 1 is 1.09 bits per heavy atom. The molecule has 2 amide bonds. The lowest BCUT2D eigenvalue weighted by molar-refractivity contribution is -0.127. The van der Waals surface area contributed by atoms with Gasteiger partial charge in [-0.3, -0.25) is 9.59 Å². The number of carbonyl (C=O) groups excluding carboxylic acids is 2. The average molecular weight is 483 g/mol. The van der Waals surface area contributed by atoms with Crippen molar-refractivity contribution in [3.05, 3.63) is 94.2 Å². The number of hydrogen-bond donors (Lipinski definition) is 1. The van der Waals surface area contributed by atoms with Gasteiger partial charge in [0.25, 0.3) is 5.91 Å². The predicted molar refractivity (Wildman–Crippen MR) is 129 cm³/mol. The van der Waals surface area contributed by atoms with Gasteiger partial charge in [0, 0.05) is 17.6 Å². The zero-order chi connectivity index (χ0) is 24.1. The van der Waals surface area contributed by atoms with Crippen LogP contribution in [0.4, 0.5) is 4.39 Å². The van der Waals surface area contributed by atoms with E-state index in [1.165, 1.54) is 23.3 Å². The Labute approximate surface area is 203 Å². The van der Waals surface area contributed by atoms with E-state index in [2.05, 4.69) is 5.32 Å². The van der Waals surface area contributed by atoms with Crippen LogP contribution in [0.15, 0.2) is 65.3 Å². The van der Waals surface area contributed by atoms with Gasteiger partial charge in [0.05, 0.1) is 11.8 Å². The number of hydrogen-bond acceptors (Lipinski definition) is 3. The predicted octanol–water partition coefficient (Wildman–Crippen LogP) is 6.21. The van der Waals surface area contributed by atoms with Crippen molar-refractivity contribution in [1.82, 2.24) is 10.2 Å². The molecule has 4 rings (SSSR count). The summed E-state index contributed by atoms with van der Waals surface area (Å²) < 4.78 is 19.1. The number of furan rings is 1. The SMILES string of the molecule is Cc1occc1C(=O)N(Cc1ccccc1Cl)[C@@H](C(=O)NC1CCCCC1)c1ccc(F)cc1. The lowest BCUT2D eigenvalue weighted by Crippen LogP contribution is -2.47. The molecule has 1 aromatic heterocycles. The molecule has 1 aliphatic carbocycles. The molecule has 1 saturated carbocycles. The summed E-state index contributed by atoms with van der Waals surface area (Å²) in [6, 6.07) is 13.6. The van der Waals surface area contributed by atoms with E-state index in [1.54, 1.807) is 31.2 Å². The number of aryl methyl sites for hydroxylation is 1. The van der Waals surface area contributed by atoms with Crippen molar-refractivity contribution in [2.45, 2.75) is 57.7 Å². The van der Waals surface area contributed by atoms with Crippen LogP contribution in [-0.4, -0.2) is 22.8 Å². The zero-order valence-corrected chi connectivity index (χ0v) is 19.9. The summed E-state index contributed by atoms with van der Waals surface area (Å²) in [6.07, 6.45) is 6.53. The summed E-state index contributed by atoms with van der Waals surface area (Å²) in [5.41, 5.74) is 1.59. The molecule has 0 radical (unpaired) electrons. The highest BCUT2D eigenvalue weighted by molar-refractivity contribution is 6.31. The molecule has 2 aromatic carbocycles. The summed E-state index contributed by atoms with van der Waals surface area (Å²) in [5, 5.41) is 3.64. The van der Waals surface area contributed by atoms with Crippen LogP contribution in [0.5, 0.6) is 0 Å². The number of carbonyl (C=O) groups is 2. The van der Waals surface area contributed by atoms with Crippen molar-refractivity contribution in [3.63, 3.8) is 0 Å². The summed E-state index contributed by atoms with van der Waals surface area (Å²) in [7, 11) is 0. The van der Waals surface area contributed by atoms with Gasteiger partial charge < -0.3 is 14.6 Å². The van der Waals surface area contributed by atoms with Crippen LogP contribution in [0.1, 0.15) is 65.4 Å². The highest BCUT2D eigenvalue weighted by atomic mass is 35.5. The molecule has 178 valence electrons. The van der Waals surface area contributed by atoms with Gasteiger partial charge in [-0.05, 0) is 55.2 Å². The number of nitrogens with zero attached hydrogens (tertiary/aromatic N) is 1. The Bertz CT molecular complexity index is 1140. The fourth-order valence-electron chi connectivity index (χ4n) is 4.50. The molecule has 5 nitrogen and oxygen atoms in total. The van der Waals surface area contributed by atoms with Crippen molar-refractivity contribution in [3.8, 4) is 0 Å². The number of rotatable bonds is 7. The van der Waals surface area contributed by atoms with Gasteiger partial charge in [-0.25, -0.2) is 4.39 Å². The first-order chi connectivity index (χ1) is 16.4. The minimum Gasteiger partial charge on any atom is -0.469 e. The summed E-state index contributed by atoms with van der Waals surface area (Å²) in [4.78, 5) is 29.0. The van der Waals surface area contributed by atoms with Crippen LogP contribution in [0.25, 0.3) is 0 Å². The zero-order valence-electron chi connectivity index (χ0n) is 19.1. The minimum atomic E-state index is -0.972. The molecule has 0 unspecified atom stereocenters. The van der Waals surface area contributed by atoms with Crippen LogP contribution in [0, 0.1) is 12.7 Å². The van der Waals surface area contributed by atoms with Crippen LogP contribution in [0.3, 0.4) is 0 Å². The van der Waals surface area contributed by atoms with Gasteiger partial charge in [-0.2, -0.15) is 0 Å². The van der Waals surface area contributed by atoms with Crippen molar-refractivity contribution >= 4 is 23.4 Å². The molecule has 1 fully saturated rings. The maximum Gasteiger partial charge on any atom is 0.258 e. The van der Waals surface area contributed by atoms with E-state index in [0.717, 1.165) is 32.1 Å². The number of amides is 2. The van der Waals surface area contributed by atoms with E-state index in [0.29, 0.717) is 27.5 Å². The highest BCUT2D eigenvalue weighted by Crippen LogP contribution is 2.30. The van der Waals surface area contributed by atoms with E-state index in [-0.39, 0.29) is 24.4 Å². The Morgan fingerprint density at radius 3 is 2.44 bits per heavy atom. The quantitative estimate of drug-likeness (QED) is 0.435. The first-order valence-corrected chi connectivity index (χ1v) is 12.0. The normalized spacial score (nSPS) is 15.0. The van der Waals surface area contributed by atoms with Crippen molar-refractivity contribution < 1.29 is 18.4 Å². The second kappa shape index (κ2) is 10.9. The molecule has 0 saturated heterocycles. The number of benzene rings is 2. The molecular weight excluding hydrogens is 455 g/mol. The number of nitrogens with one attached hydrogen (secondary N) is 1. The van der Waals surface area contributed by atoms with Gasteiger partial charge in [0.1, 0.15) is 17.6 Å². The largest absolute Gasteiger partial charge is 0.469 e. The second-order valence-electron chi connectivity index (χ2n) is 8.71. The summed E-state index contributed by atoms with van der Waals surface area (Å²) in [5.74, 6) is -0.607. The molecule has 1 heterocycles. The van der Waals surface area contributed by atoms with Crippen LogP contribution in [0.2, 0.25) is 5.02 Å². The molecule has 1 aliphatic rings. The first-order valence-electron chi connectivity index (χ1n) is 11.6. The second-order valence-corrected chi connectivity index (χ2v) is 9.12. The highest BCUT2D eigenvalue weighted by Gasteiger charge is 2.34. The molecule has 0 bridgehead atoms. The summed E-state index contributed by atoms with van der Waals surface area (Å²) in [6.45, 7) is 1.80. The van der Waals surface area contributed by atoms with E-state index in [9.17, 15) is 14.0 Å². The Kier molecular flexibility index (Phi) is 7.68. The molecule has 0 aliphatic heterocycles. The Balaban J connectivity index is 1.76. The van der Waals surface area contributed by atoms with Crippen molar-refractivity contribution in [2.24, 2.45) is 0 Å². The fourth-order valence-corrected chi connectivity index (χ4v) is 4.69. The third-order valence-electron chi connectivity index (χ3n) is 6.35. The molecule has 3 aromatic rings. The van der Waals surface area contributed by atoms with Crippen LogP contribution >= 0.6 is 11.6 Å². The topological polar surface area (TPSA) is 62.6 Å². The van der Waals surface area contributed by atoms with Gasteiger partial charge in [0.2, 0.25) is 5.91 Å². The standard InChI is InChI=1S/C27H28ClFN2O3/c1-18-23(15-16-34-18)27(33)31(17-20-7-5-6-10-24(20)28)25(19-11-13-21(29)14-12-19)26(32)30-22-8-3-2-4-9-22/h5-7,10-16,22,25H,2-4,8-9,17H2,1H3,(H,30,32)/t25-/m1/s1. The Hall–Kier alpha value is -3.12. The molecular formula is C27H28ClFN2O3. The molecule has 34 heavy (non-hydrogen) atoms. The molecule has 0 spiro atoms. The van der Waals surface area contributed by atoms with Crippen LogP contribution < -0.4 is 5.32 Å². The van der Waals surface area contributed by atoms with Gasteiger partial charge >= 0.3 is 0 Å². The van der Waals surface area contributed by atoms with E-state index >= 15 is 0 Å². The van der Waals surface area contributed by atoms with Crippen LogP contribution in [-0.2, 0) is 11.3 Å². The minimum absolute atomic E-state index is 0.0529. The average Bonchev–Trinajstić information content (AvgIpc) is 3.27. The van der Waals surface area contributed by atoms with Gasteiger partial charge in [-0.1, -0.05) is 61.2 Å². The third kappa shape index (κ3) is 5.50. The molecule has 1 N–H and O–H groups in total. The maximum atomic E-state index is 13.8. The lowest BCUT2D eigenvalue weighted by atomic mass is 9.94. The van der Waals surface area contributed by atoms with E-state index in [4.69, 9.17) is 16.0 Å². The van der Waals surface area contributed by atoms with Gasteiger partial charge in [0.15, 0.2) is 0 Å². The van der Waals surface area contributed by atoms with Gasteiger partial charge in [-0.15, -0.1) is 0 Å². The lowest BCUT2D eigenvalue weighted by Gasteiger charge is -2.33.